The van der Waals surface area contributed by atoms with Crippen LogP contribution in [0, 0.1) is 5.82 Å². The van der Waals surface area contributed by atoms with E-state index >= 15 is 0 Å². The Labute approximate surface area is 145 Å². The third-order valence-electron chi connectivity index (χ3n) is 4.42. The molecule has 1 aromatic heterocycles. The summed E-state index contributed by atoms with van der Waals surface area (Å²) in [7, 11) is 1.37. The van der Waals surface area contributed by atoms with Crippen LogP contribution in [0.25, 0.3) is 0 Å². The maximum absolute atomic E-state index is 13.2. The van der Waals surface area contributed by atoms with Gasteiger partial charge in [0.05, 0.1) is 19.2 Å². The van der Waals surface area contributed by atoms with Gasteiger partial charge < -0.3 is 9.64 Å². The number of anilines is 1. The summed E-state index contributed by atoms with van der Waals surface area (Å²) in [5, 5.41) is 0. The Balaban J connectivity index is 1.76. The summed E-state index contributed by atoms with van der Waals surface area (Å²) in [5.74, 6) is -1.10. The molecule has 25 heavy (non-hydrogen) atoms. The number of carbonyl (C=O) groups excluding carboxylic acids is 2. The fraction of sp³-hybridized carbons (Fsp3) is 0.316. The van der Waals surface area contributed by atoms with Gasteiger partial charge in [0, 0.05) is 24.8 Å². The third-order valence-corrected chi connectivity index (χ3v) is 4.42. The molecule has 130 valence electrons. The van der Waals surface area contributed by atoms with Crippen molar-refractivity contribution in [2.24, 2.45) is 0 Å². The second kappa shape index (κ2) is 7.42. The van der Waals surface area contributed by atoms with Crippen LogP contribution in [0.4, 0.5) is 10.1 Å². The van der Waals surface area contributed by atoms with E-state index in [0.717, 1.165) is 17.4 Å². The van der Waals surface area contributed by atoms with Gasteiger partial charge in [0.1, 0.15) is 5.82 Å². The average Bonchev–Trinajstić information content (AvgIpc) is 2.64. The van der Waals surface area contributed by atoms with Crippen LogP contribution < -0.4 is 4.90 Å². The second-order valence-electron chi connectivity index (χ2n) is 5.98. The molecule has 1 amide bonds. The van der Waals surface area contributed by atoms with Crippen LogP contribution in [0.5, 0.6) is 0 Å². The molecule has 0 aliphatic carbocycles. The topological polar surface area (TPSA) is 59.5 Å². The van der Waals surface area contributed by atoms with Gasteiger partial charge in [-0.1, -0.05) is 18.2 Å². The minimum absolute atomic E-state index is 0.0555. The zero-order chi connectivity index (χ0) is 17.8. The number of fused-ring (bicyclic) bond motifs is 1. The van der Waals surface area contributed by atoms with Crippen molar-refractivity contribution in [2.75, 3.05) is 18.6 Å². The molecule has 2 aromatic rings. The Kier molecular flexibility index (Phi) is 5.07. The minimum atomic E-state index is -0.408. The molecule has 1 atom stereocenters. The molecule has 3 rings (SSSR count). The third kappa shape index (κ3) is 3.68. The zero-order valence-corrected chi connectivity index (χ0v) is 13.9. The lowest BCUT2D eigenvalue weighted by Crippen LogP contribution is -2.38. The number of pyridine rings is 1. The Morgan fingerprint density at radius 1 is 1.32 bits per heavy atom. The van der Waals surface area contributed by atoms with Crippen LogP contribution in [-0.2, 0) is 20.7 Å². The van der Waals surface area contributed by atoms with Crippen LogP contribution >= 0.6 is 0 Å². The number of carbonyl (C=O) groups is 2. The summed E-state index contributed by atoms with van der Waals surface area (Å²) < 4.78 is 18.1. The zero-order valence-electron chi connectivity index (χ0n) is 13.9. The first-order valence-electron chi connectivity index (χ1n) is 8.16. The van der Waals surface area contributed by atoms with E-state index in [-0.39, 0.29) is 24.2 Å². The molecule has 0 unspecified atom stereocenters. The number of rotatable bonds is 4. The molecule has 0 N–H and O–H groups in total. The maximum atomic E-state index is 13.2. The molecule has 0 spiro atoms. The number of hydrogen-bond acceptors (Lipinski definition) is 4. The van der Waals surface area contributed by atoms with Gasteiger partial charge in [0.25, 0.3) is 0 Å². The average molecular weight is 342 g/mol. The molecule has 0 fully saturated rings. The van der Waals surface area contributed by atoms with Gasteiger partial charge in [-0.3, -0.25) is 14.6 Å². The van der Waals surface area contributed by atoms with Gasteiger partial charge in [-0.25, -0.2) is 4.39 Å². The van der Waals surface area contributed by atoms with E-state index in [1.807, 2.05) is 24.3 Å². The number of aryl methyl sites for hydroxylation is 1. The standard InChI is InChI=1S/C19H19FN2O3/c1-25-19(24)16-8-9-22(17-5-3-2-4-15(16)17)18(23)7-6-13-10-14(20)12-21-11-13/h2-5,10-12,16H,6-9H2,1H3/t16-/m0/s1. The first-order valence-corrected chi connectivity index (χ1v) is 8.16. The Morgan fingerprint density at radius 2 is 2.12 bits per heavy atom. The summed E-state index contributed by atoms with van der Waals surface area (Å²) in [6.07, 6.45) is 3.90. The number of ether oxygens (including phenoxy) is 1. The number of methoxy groups -OCH3 is 1. The van der Waals surface area contributed by atoms with Gasteiger partial charge in [-0.15, -0.1) is 0 Å². The van der Waals surface area contributed by atoms with Gasteiger partial charge in [-0.2, -0.15) is 0 Å². The highest BCUT2D eigenvalue weighted by Crippen LogP contribution is 2.36. The fourth-order valence-electron chi connectivity index (χ4n) is 3.19. The van der Waals surface area contributed by atoms with Crippen molar-refractivity contribution in [3.63, 3.8) is 0 Å². The molecule has 1 aliphatic heterocycles. The Morgan fingerprint density at radius 3 is 2.88 bits per heavy atom. The number of aromatic nitrogens is 1. The quantitative estimate of drug-likeness (QED) is 0.802. The molecule has 1 aliphatic rings. The molecule has 0 saturated heterocycles. The summed E-state index contributed by atoms with van der Waals surface area (Å²) >= 11 is 0. The van der Waals surface area contributed by atoms with Crippen molar-refractivity contribution in [3.8, 4) is 0 Å². The number of hydrogen-bond donors (Lipinski definition) is 0. The first-order chi connectivity index (χ1) is 12.1. The van der Waals surface area contributed by atoms with Crippen molar-refractivity contribution >= 4 is 17.6 Å². The van der Waals surface area contributed by atoms with E-state index in [2.05, 4.69) is 4.98 Å². The monoisotopic (exact) mass is 342 g/mol. The molecule has 5 nitrogen and oxygen atoms in total. The maximum Gasteiger partial charge on any atom is 0.313 e. The number of halogens is 1. The summed E-state index contributed by atoms with van der Waals surface area (Å²) in [6.45, 7) is 0.455. The molecule has 0 bridgehead atoms. The van der Waals surface area contributed by atoms with Gasteiger partial charge in [0.15, 0.2) is 0 Å². The molecular weight excluding hydrogens is 323 g/mol. The highest BCUT2D eigenvalue weighted by Gasteiger charge is 2.32. The van der Waals surface area contributed by atoms with Crippen LogP contribution in [-0.4, -0.2) is 30.5 Å². The molecule has 0 saturated carbocycles. The van der Waals surface area contributed by atoms with Crippen molar-refractivity contribution in [2.45, 2.75) is 25.2 Å². The van der Waals surface area contributed by atoms with E-state index in [1.54, 1.807) is 11.1 Å². The smallest absolute Gasteiger partial charge is 0.313 e. The second-order valence-corrected chi connectivity index (χ2v) is 5.98. The lowest BCUT2D eigenvalue weighted by Gasteiger charge is -2.33. The first kappa shape index (κ1) is 17.1. The molecule has 2 heterocycles. The molecule has 1 aromatic carbocycles. The summed E-state index contributed by atoms with van der Waals surface area (Å²) in [6, 6.07) is 8.77. The largest absolute Gasteiger partial charge is 0.469 e. The van der Waals surface area contributed by atoms with Crippen molar-refractivity contribution in [3.05, 3.63) is 59.7 Å². The van der Waals surface area contributed by atoms with E-state index in [1.165, 1.54) is 13.2 Å². The van der Waals surface area contributed by atoms with Crippen LogP contribution in [0.1, 0.15) is 29.9 Å². The van der Waals surface area contributed by atoms with Crippen molar-refractivity contribution in [1.82, 2.24) is 4.98 Å². The SMILES string of the molecule is COC(=O)[C@H]1CCN(C(=O)CCc2cncc(F)c2)c2ccccc21. The number of esters is 1. The number of para-hydroxylation sites is 1. The van der Waals surface area contributed by atoms with Crippen LogP contribution in [0.2, 0.25) is 0 Å². The summed E-state index contributed by atoms with van der Waals surface area (Å²) in [5.41, 5.74) is 2.24. The Bertz CT molecular complexity index is 794. The summed E-state index contributed by atoms with van der Waals surface area (Å²) in [4.78, 5) is 30.1. The lowest BCUT2D eigenvalue weighted by molar-refractivity contribution is -0.142. The number of benzene rings is 1. The van der Waals surface area contributed by atoms with Gasteiger partial charge in [0.2, 0.25) is 5.91 Å². The fourth-order valence-corrected chi connectivity index (χ4v) is 3.19. The van der Waals surface area contributed by atoms with Crippen LogP contribution in [0.15, 0.2) is 42.7 Å². The molecule has 6 heteroatoms. The van der Waals surface area contributed by atoms with E-state index < -0.39 is 5.82 Å². The Hall–Kier alpha value is -2.76. The van der Waals surface area contributed by atoms with Crippen molar-refractivity contribution < 1.29 is 18.7 Å². The van der Waals surface area contributed by atoms with Gasteiger partial charge >= 0.3 is 5.97 Å². The highest BCUT2D eigenvalue weighted by atomic mass is 19.1. The predicted octanol–water partition coefficient (Wildman–Crippen LogP) is 2.85. The normalized spacial score (nSPS) is 16.2. The molecule has 0 radical (unpaired) electrons. The van der Waals surface area contributed by atoms with E-state index in [4.69, 9.17) is 4.74 Å². The van der Waals surface area contributed by atoms with E-state index in [0.29, 0.717) is 24.9 Å². The van der Waals surface area contributed by atoms with Gasteiger partial charge in [-0.05, 0) is 36.1 Å². The minimum Gasteiger partial charge on any atom is -0.469 e. The highest BCUT2D eigenvalue weighted by molar-refractivity contribution is 5.96. The molecular formula is C19H19FN2O3. The number of amides is 1. The van der Waals surface area contributed by atoms with Crippen molar-refractivity contribution in [1.29, 1.82) is 0 Å². The predicted molar refractivity (Wildman–Crippen MR) is 90.7 cm³/mol. The lowest BCUT2D eigenvalue weighted by atomic mass is 9.89. The van der Waals surface area contributed by atoms with E-state index in [9.17, 15) is 14.0 Å². The number of nitrogens with zero attached hydrogens (tertiary/aromatic N) is 2. The van der Waals surface area contributed by atoms with Crippen LogP contribution in [0.3, 0.4) is 0 Å².